The molecule has 0 aliphatic carbocycles. The summed E-state index contributed by atoms with van der Waals surface area (Å²) in [5, 5.41) is 41.3. The van der Waals surface area contributed by atoms with E-state index in [0.29, 0.717) is 51.7 Å². The van der Waals surface area contributed by atoms with Crippen LogP contribution < -0.4 is 16.0 Å². The molecule has 9 aliphatic heterocycles. The fourth-order valence-electron chi connectivity index (χ4n) is 18.0. The predicted octanol–water partition coefficient (Wildman–Crippen LogP) is 4.96. The van der Waals surface area contributed by atoms with E-state index in [1.807, 2.05) is 96.1 Å². The minimum absolute atomic E-state index is 0.0349. The number of allylic oxidation sites excluding steroid dienone is 1. The topological polar surface area (TPSA) is 404 Å². The maximum atomic E-state index is 14.9. The van der Waals surface area contributed by atoms with Gasteiger partial charge in [0, 0.05) is 59.7 Å². The lowest BCUT2D eigenvalue weighted by molar-refractivity contribution is -0.330. The summed E-state index contributed by atoms with van der Waals surface area (Å²) in [5.74, 6) is -2.52. The van der Waals surface area contributed by atoms with Gasteiger partial charge in [-0.25, -0.2) is 4.57 Å². The largest absolute Gasteiger partial charge is 0.499 e. The normalized spacial score (nSPS) is 33.5. The first-order chi connectivity index (χ1) is 50.2. The van der Waals surface area contributed by atoms with Gasteiger partial charge in [-0.1, -0.05) is 96.1 Å². The van der Waals surface area contributed by atoms with Gasteiger partial charge >= 0.3 is 15.4 Å². The number of fused-ring (bicyclic) bond motifs is 3. The fraction of sp³-hybridized carbons (Fsp3) is 0.892. The maximum Gasteiger partial charge on any atom is 0.472 e. The van der Waals surface area contributed by atoms with Gasteiger partial charge in [0.15, 0.2) is 18.9 Å². The van der Waals surface area contributed by atoms with E-state index in [4.69, 9.17) is 60.9 Å². The number of nitrogens with one attached hydrogen (secondary N) is 3. The van der Waals surface area contributed by atoms with Crippen molar-refractivity contribution in [2.45, 2.75) is 298 Å². The van der Waals surface area contributed by atoms with Crippen molar-refractivity contribution in [2.75, 3.05) is 85.3 Å². The van der Waals surface area contributed by atoms with Crippen LogP contribution in [0.1, 0.15) is 181 Å². The Hall–Kier alpha value is -3.86. The summed E-state index contributed by atoms with van der Waals surface area (Å²) in [7, 11) is -9.46. The van der Waals surface area contributed by atoms with Crippen molar-refractivity contribution in [3.8, 4) is 0 Å². The fourth-order valence-corrected chi connectivity index (χ4v) is 20.4. The molecule has 6 amide bonds. The minimum Gasteiger partial charge on any atom is -0.499 e. The summed E-state index contributed by atoms with van der Waals surface area (Å²) in [6.45, 7) is 30.6. The quantitative estimate of drug-likeness (QED) is 0.0299. The van der Waals surface area contributed by atoms with Crippen molar-refractivity contribution in [1.82, 2.24) is 30.7 Å². The lowest BCUT2D eigenvalue weighted by Crippen LogP contribution is -2.69. The number of carbonyl (C=O) groups excluding carboxylic acids is 6. The number of hydrogen-bond donors (Lipinski definition) is 8. The Labute approximate surface area is 636 Å². The highest BCUT2D eigenvalue weighted by Gasteiger charge is 2.56. The Kier molecular flexibility index (Phi) is 29.3. The number of amides is 6. The average Bonchev–Trinajstić information content (AvgIpc) is 0.993. The van der Waals surface area contributed by atoms with E-state index in [0.717, 1.165) is 0 Å². The summed E-state index contributed by atoms with van der Waals surface area (Å²) in [6.07, 6.45) is -3.27. The molecule has 0 bridgehead atoms. The van der Waals surface area contributed by atoms with Crippen LogP contribution >= 0.6 is 15.4 Å². The second-order valence-corrected chi connectivity index (χ2v) is 39.8. The Morgan fingerprint density at radius 2 is 0.907 bits per heavy atom. The predicted molar refractivity (Wildman–Crippen MR) is 389 cm³/mol. The first kappa shape index (κ1) is 88.1. The van der Waals surface area contributed by atoms with Crippen LogP contribution in [0.2, 0.25) is 0 Å². The number of rotatable bonds is 38. The smallest absolute Gasteiger partial charge is 0.472 e. The van der Waals surface area contributed by atoms with Crippen molar-refractivity contribution >= 4 is 50.9 Å². The van der Waals surface area contributed by atoms with Crippen LogP contribution in [-0.4, -0.2) is 277 Å². The third kappa shape index (κ3) is 24.1. The molecular weight excluding hydrogens is 1450 g/mol. The molecule has 9 rings (SSSR count). The Balaban J connectivity index is 0.826. The third-order valence-corrected chi connectivity index (χ3v) is 24.3. The van der Waals surface area contributed by atoms with Gasteiger partial charge in [-0.2, -0.15) is 0 Å². The van der Waals surface area contributed by atoms with Gasteiger partial charge < -0.3 is 108 Å². The van der Waals surface area contributed by atoms with Crippen LogP contribution in [0.5, 0.6) is 0 Å². The van der Waals surface area contributed by atoms with Gasteiger partial charge in [0.25, 0.3) is 0 Å². The van der Waals surface area contributed by atoms with Crippen molar-refractivity contribution in [3.05, 3.63) is 12.3 Å². The summed E-state index contributed by atoms with van der Waals surface area (Å²) < 4.78 is 106. The number of phosphoric acid groups is 1. The first-order valence-corrected chi connectivity index (χ1v) is 41.8. The molecule has 0 aromatic carbocycles. The van der Waals surface area contributed by atoms with E-state index < -0.39 is 171 Å². The standard InChI is InChI=1S/C74H126N6O26P2/c1-17-18-22-94-30-49-24-50(29-80(49)56(86)27-71(9,10)39-74(15,16)42-100-68-59(77-45(4)83)62(89)65-53(105-68)35-97-65)106-108(92,93)102-32-48-23-46(28-79(48)55(85)26-70(7,8)38-73(13,14)41-99-67-58(76-44(3)82)61(88)64-52(104-67)34-96-64)36-107(90,91)101-31-47-20-19-21-78(47)54(84)25-69(5,6)37-72(11,12)40-98-66-57(75-43(2)81)60(87)63-51(103-66)33-95-63/h18,22,46-53,57-68,87-89H,17,19-21,23-42H2,1-16H3,(H,75,81)(H,76,82)(H,77,83)(H,90,91)(H,92,93)/b22-18+/t46-,47+,48+,49+,50-,51?,52?,53?,57?,58?,59?,60?,61?,62?,63?,64?,65?,66?,67?,68?/m1/s1. The molecule has 9 heterocycles. The van der Waals surface area contributed by atoms with E-state index in [-0.39, 0.29) is 139 Å². The highest BCUT2D eigenvalue weighted by molar-refractivity contribution is 7.52. The third-order valence-electron chi connectivity index (χ3n) is 21.8. The Morgan fingerprint density at radius 1 is 0.519 bits per heavy atom. The maximum absolute atomic E-state index is 14.9. The molecule has 9 saturated heterocycles. The molecule has 17 unspecified atom stereocenters. The van der Waals surface area contributed by atoms with Gasteiger partial charge in [0.1, 0.15) is 79.7 Å². The van der Waals surface area contributed by atoms with Crippen LogP contribution in [0.3, 0.4) is 0 Å². The Morgan fingerprint density at radius 3 is 1.30 bits per heavy atom. The molecule has 8 N–H and O–H groups in total. The van der Waals surface area contributed by atoms with E-state index in [1.54, 1.807) is 16.1 Å². The summed E-state index contributed by atoms with van der Waals surface area (Å²) in [6, 6.07) is -4.58. The molecule has 0 spiro atoms. The lowest BCUT2D eigenvalue weighted by Gasteiger charge is -2.50. The number of hydrogen-bond acceptors (Lipinski definition) is 24. The molecule has 34 heteroatoms. The van der Waals surface area contributed by atoms with Crippen molar-refractivity contribution in [1.29, 1.82) is 0 Å². The molecule has 0 aromatic rings. The number of ether oxygens (including phenoxy) is 10. The van der Waals surface area contributed by atoms with Crippen molar-refractivity contribution < 1.29 is 124 Å². The number of carbonyl (C=O) groups is 6. The van der Waals surface area contributed by atoms with Gasteiger partial charge in [0.2, 0.25) is 35.4 Å². The van der Waals surface area contributed by atoms with Crippen LogP contribution in [0.15, 0.2) is 12.3 Å². The van der Waals surface area contributed by atoms with Gasteiger partial charge in [0.05, 0.1) is 89.5 Å². The van der Waals surface area contributed by atoms with Gasteiger partial charge in [-0.15, -0.1) is 0 Å². The number of aliphatic hydroxyl groups is 3. The molecule has 618 valence electrons. The zero-order chi connectivity index (χ0) is 79.4. The average molecular weight is 1580 g/mol. The van der Waals surface area contributed by atoms with Crippen LogP contribution in [0.4, 0.5) is 0 Å². The summed E-state index contributed by atoms with van der Waals surface area (Å²) in [5.41, 5.74) is -3.56. The molecule has 9 aliphatic rings. The van der Waals surface area contributed by atoms with Crippen molar-refractivity contribution in [2.24, 2.45) is 38.4 Å². The number of phosphoric ester groups is 1. The molecule has 0 saturated carbocycles. The zero-order valence-corrected chi connectivity index (χ0v) is 68.0. The Bertz CT molecular complexity index is 3230. The van der Waals surface area contributed by atoms with E-state index >= 15 is 0 Å². The van der Waals surface area contributed by atoms with Crippen LogP contribution in [-0.2, 0) is 98.8 Å². The molecule has 32 nitrogen and oxygen atoms in total. The lowest BCUT2D eigenvalue weighted by atomic mass is 9.73. The highest BCUT2D eigenvalue weighted by Crippen LogP contribution is 2.51. The molecule has 108 heavy (non-hydrogen) atoms. The minimum atomic E-state index is -4.99. The number of likely N-dealkylation sites (tertiary alicyclic amines) is 3. The van der Waals surface area contributed by atoms with E-state index in [1.165, 1.54) is 25.7 Å². The highest BCUT2D eigenvalue weighted by atomic mass is 31.2. The van der Waals surface area contributed by atoms with Crippen LogP contribution in [0, 0.1) is 38.4 Å². The van der Waals surface area contributed by atoms with E-state index in [9.17, 15) is 63.0 Å². The summed E-state index contributed by atoms with van der Waals surface area (Å²) >= 11 is 0. The van der Waals surface area contributed by atoms with Gasteiger partial charge in [-0.05, 0) is 89.8 Å². The first-order valence-electron chi connectivity index (χ1n) is 38.5. The number of aliphatic hydroxyl groups excluding tert-OH is 3. The van der Waals surface area contributed by atoms with Crippen LogP contribution in [0.25, 0.3) is 0 Å². The van der Waals surface area contributed by atoms with Gasteiger partial charge in [-0.3, -0.25) is 42.4 Å². The SMILES string of the molecule is CC/C=C/OC[C@@H]1C[C@@H](OP(=O)(O)OC[C@@H]2C[C@@H](CP(=O)(O)OC[C@@H]3CCCN3C(=O)CC(C)(C)CC(C)(C)COC3OC4COC4C(O)C3NC(C)=O)CN2C(=O)CC(C)(C)CC(C)(C)COC2OC3COC3C(O)C2NC(C)=O)CN1C(=O)CC(C)(C)CC(C)(C)COC1OC2COC2C(O)C1NC(C)=O. The molecule has 22 atom stereocenters. The molecule has 0 aromatic heterocycles. The number of nitrogens with zero attached hydrogens (tertiary/aromatic N) is 3. The summed E-state index contributed by atoms with van der Waals surface area (Å²) in [4.78, 5) is 108. The monoisotopic (exact) mass is 1580 g/mol. The molecule has 0 radical (unpaired) electrons. The zero-order valence-electron chi connectivity index (χ0n) is 66.2. The molecular formula is C74H126N6O26P2. The molecule has 9 fully saturated rings. The van der Waals surface area contributed by atoms with Crippen molar-refractivity contribution in [3.63, 3.8) is 0 Å². The second kappa shape index (κ2) is 35.9. The second-order valence-electron chi connectivity index (χ2n) is 36.5. The van der Waals surface area contributed by atoms with E-state index in [2.05, 4.69) is 16.0 Å².